The molecule has 1 atom stereocenters. The van der Waals surface area contributed by atoms with Crippen molar-refractivity contribution >= 4 is 16.5 Å². The Balaban J connectivity index is 1.81. The first-order valence-electron chi connectivity index (χ1n) is 6.44. The Morgan fingerprint density at radius 1 is 1.21 bits per heavy atom. The van der Waals surface area contributed by atoms with Gasteiger partial charge in [0.15, 0.2) is 0 Å². The van der Waals surface area contributed by atoms with Crippen LogP contribution in [-0.4, -0.2) is 11.0 Å². The Bertz CT molecular complexity index is 656. The fourth-order valence-electron chi connectivity index (χ4n) is 2.30. The Morgan fingerprint density at radius 2 is 2.16 bits per heavy atom. The van der Waals surface area contributed by atoms with Crippen molar-refractivity contribution in [1.82, 2.24) is 4.98 Å². The Labute approximate surface area is 112 Å². The van der Waals surface area contributed by atoms with Gasteiger partial charge in [0, 0.05) is 41.3 Å². The second kappa shape index (κ2) is 5.14. The molecular formula is C16H16N2O. The van der Waals surface area contributed by atoms with E-state index in [0.29, 0.717) is 6.04 Å². The average Bonchev–Trinajstić information content (AvgIpc) is 2.92. The highest BCUT2D eigenvalue weighted by Crippen LogP contribution is 2.23. The van der Waals surface area contributed by atoms with Crippen LogP contribution in [0.4, 0.5) is 5.69 Å². The molecule has 0 aliphatic heterocycles. The molecule has 0 bridgehead atoms. The molecule has 1 unspecified atom stereocenters. The van der Waals surface area contributed by atoms with E-state index in [1.54, 1.807) is 6.26 Å². The molecule has 3 nitrogen and oxygen atoms in total. The van der Waals surface area contributed by atoms with Gasteiger partial charge in [-0.15, -0.1) is 0 Å². The maximum atomic E-state index is 5.38. The first-order valence-corrected chi connectivity index (χ1v) is 6.44. The molecular weight excluding hydrogens is 236 g/mol. The Hall–Kier alpha value is -2.29. The predicted molar refractivity (Wildman–Crippen MR) is 77.2 cm³/mol. The molecule has 0 saturated carbocycles. The molecule has 0 saturated heterocycles. The van der Waals surface area contributed by atoms with Crippen molar-refractivity contribution < 1.29 is 4.42 Å². The van der Waals surface area contributed by atoms with Gasteiger partial charge in [0.25, 0.3) is 0 Å². The second-order valence-corrected chi connectivity index (χ2v) is 4.73. The van der Waals surface area contributed by atoms with E-state index < -0.39 is 0 Å². The number of aromatic nitrogens is 1. The summed E-state index contributed by atoms with van der Waals surface area (Å²) in [5.74, 6) is 1.00. The number of furan rings is 1. The lowest BCUT2D eigenvalue weighted by atomic mass is 10.1. The lowest BCUT2D eigenvalue weighted by Gasteiger charge is -2.15. The smallest absolute Gasteiger partial charge is 0.105 e. The van der Waals surface area contributed by atoms with E-state index in [-0.39, 0.29) is 0 Å². The third-order valence-electron chi connectivity index (χ3n) is 3.17. The normalized spacial score (nSPS) is 12.5. The van der Waals surface area contributed by atoms with Crippen LogP contribution in [-0.2, 0) is 6.42 Å². The fourth-order valence-corrected chi connectivity index (χ4v) is 2.30. The molecule has 3 aromatic rings. The van der Waals surface area contributed by atoms with Gasteiger partial charge in [-0.05, 0) is 31.2 Å². The summed E-state index contributed by atoms with van der Waals surface area (Å²) >= 11 is 0. The van der Waals surface area contributed by atoms with E-state index in [1.165, 1.54) is 5.39 Å². The van der Waals surface area contributed by atoms with E-state index in [4.69, 9.17) is 4.42 Å². The molecule has 19 heavy (non-hydrogen) atoms. The molecule has 1 N–H and O–H groups in total. The summed E-state index contributed by atoms with van der Waals surface area (Å²) in [6.07, 6.45) is 6.29. The van der Waals surface area contributed by atoms with Gasteiger partial charge in [0.2, 0.25) is 0 Å². The number of benzene rings is 1. The standard InChI is InChI=1S/C16H16N2O/c1-12(10-14-5-3-9-19-14)18-16-6-2-4-13-11-17-8-7-15(13)16/h2-9,11-12,18H,10H2,1H3. The highest BCUT2D eigenvalue weighted by atomic mass is 16.3. The molecule has 0 spiro atoms. The number of hydrogen-bond donors (Lipinski definition) is 1. The molecule has 2 heterocycles. The third kappa shape index (κ3) is 2.60. The van der Waals surface area contributed by atoms with Crippen LogP contribution in [0.15, 0.2) is 59.5 Å². The number of fused-ring (bicyclic) bond motifs is 1. The predicted octanol–water partition coefficient (Wildman–Crippen LogP) is 3.87. The number of hydrogen-bond acceptors (Lipinski definition) is 3. The van der Waals surface area contributed by atoms with Crippen LogP contribution in [0.25, 0.3) is 10.8 Å². The maximum Gasteiger partial charge on any atom is 0.105 e. The van der Waals surface area contributed by atoms with E-state index in [1.807, 2.05) is 36.7 Å². The Morgan fingerprint density at radius 3 is 3.00 bits per heavy atom. The van der Waals surface area contributed by atoms with Crippen molar-refractivity contribution in [2.45, 2.75) is 19.4 Å². The first kappa shape index (κ1) is 11.8. The van der Waals surface area contributed by atoms with Crippen molar-refractivity contribution in [2.75, 3.05) is 5.32 Å². The van der Waals surface area contributed by atoms with Gasteiger partial charge in [-0.1, -0.05) is 12.1 Å². The molecule has 3 heteroatoms. The summed E-state index contributed by atoms with van der Waals surface area (Å²) in [6.45, 7) is 2.16. The highest BCUT2D eigenvalue weighted by Gasteiger charge is 2.07. The lowest BCUT2D eigenvalue weighted by molar-refractivity contribution is 0.498. The molecule has 1 aromatic carbocycles. The van der Waals surface area contributed by atoms with Crippen LogP contribution in [0.1, 0.15) is 12.7 Å². The molecule has 0 radical (unpaired) electrons. The lowest BCUT2D eigenvalue weighted by Crippen LogP contribution is -2.17. The van der Waals surface area contributed by atoms with Crippen molar-refractivity contribution in [1.29, 1.82) is 0 Å². The van der Waals surface area contributed by atoms with E-state index in [9.17, 15) is 0 Å². The van der Waals surface area contributed by atoms with Crippen LogP contribution >= 0.6 is 0 Å². The van der Waals surface area contributed by atoms with Crippen LogP contribution in [0, 0.1) is 0 Å². The second-order valence-electron chi connectivity index (χ2n) is 4.73. The zero-order valence-electron chi connectivity index (χ0n) is 10.8. The minimum Gasteiger partial charge on any atom is -0.469 e. The summed E-state index contributed by atoms with van der Waals surface area (Å²) < 4.78 is 5.38. The molecule has 96 valence electrons. The summed E-state index contributed by atoms with van der Waals surface area (Å²) in [6, 6.07) is 12.5. The average molecular weight is 252 g/mol. The summed E-state index contributed by atoms with van der Waals surface area (Å²) in [5.41, 5.74) is 1.14. The minimum absolute atomic E-state index is 0.310. The quantitative estimate of drug-likeness (QED) is 0.766. The summed E-state index contributed by atoms with van der Waals surface area (Å²) in [4.78, 5) is 4.15. The highest BCUT2D eigenvalue weighted by molar-refractivity contribution is 5.93. The van der Waals surface area contributed by atoms with Gasteiger partial charge in [-0.25, -0.2) is 0 Å². The van der Waals surface area contributed by atoms with Crippen molar-refractivity contribution in [3.63, 3.8) is 0 Å². The molecule has 0 aliphatic carbocycles. The number of anilines is 1. The van der Waals surface area contributed by atoms with Gasteiger partial charge in [-0.3, -0.25) is 4.98 Å². The van der Waals surface area contributed by atoms with Gasteiger partial charge in [-0.2, -0.15) is 0 Å². The van der Waals surface area contributed by atoms with E-state index in [0.717, 1.165) is 23.3 Å². The number of pyridine rings is 1. The van der Waals surface area contributed by atoms with Crippen molar-refractivity contribution in [3.05, 3.63) is 60.8 Å². The molecule has 3 rings (SSSR count). The minimum atomic E-state index is 0.310. The van der Waals surface area contributed by atoms with Gasteiger partial charge < -0.3 is 9.73 Å². The van der Waals surface area contributed by atoms with Crippen LogP contribution < -0.4 is 5.32 Å². The zero-order valence-corrected chi connectivity index (χ0v) is 10.8. The first-order chi connectivity index (χ1) is 9.33. The van der Waals surface area contributed by atoms with Gasteiger partial charge >= 0.3 is 0 Å². The molecule has 2 aromatic heterocycles. The number of nitrogens with zero attached hydrogens (tertiary/aromatic N) is 1. The number of nitrogens with one attached hydrogen (secondary N) is 1. The molecule has 0 amide bonds. The van der Waals surface area contributed by atoms with E-state index >= 15 is 0 Å². The largest absolute Gasteiger partial charge is 0.469 e. The maximum absolute atomic E-state index is 5.38. The molecule has 0 fully saturated rings. The zero-order chi connectivity index (χ0) is 13.1. The Kier molecular flexibility index (Phi) is 3.19. The van der Waals surface area contributed by atoms with Crippen LogP contribution in [0.3, 0.4) is 0 Å². The van der Waals surface area contributed by atoms with Gasteiger partial charge in [0.1, 0.15) is 5.76 Å². The fraction of sp³-hybridized carbons (Fsp3) is 0.188. The van der Waals surface area contributed by atoms with E-state index in [2.05, 4.69) is 29.4 Å². The van der Waals surface area contributed by atoms with Crippen LogP contribution in [0.5, 0.6) is 0 Å². The van der Waals surface area contributed by atoms with Gasteiger partial charge in [0.05, 0.1) is 6.26 Å². The molecule has 0 aliphatic rings. The van der Waals surface area contributed by atoms with Crippen molar-refractivity contribution in [2.24, 2.45) is 0 Å². The van der Waals surface area contributed by atoms with Crippen molar-refractivity contribution in [3.8, 4) is 0 Å². The third-order valence-corrected chi connectivity index (χ3v) is 3.17. The monoisotopic (exact) mass is 252 g/mol. The summed E-state index contributed by atoms with van der Waals surface area (Å²) in [7, 11) is 0. The van der Waals surface area contributed by atoms with Crippen LogP contribution in [0.2, 0.25) is 0 Å². The number of rotatable bonds is 4. The SMILES string of the molecule is CC(Cc1ccco1)Nc1cccc2cnccc12. The summed E-state index contributed by atoms with van der Waals surface area (Å²) in [5, 5.41) is 5.88. The topological polar surface area (TPSA) is 38.1 Å².